The van der Waals surface area contributed by atoms with Crippen molar-refractivity contribution in [3.05, 3.63) is 71.8 Å². The van der Waals surface area contributed by atoms with Crippen LogP contribution in [0.4, 0.5) is 0 Å². The van der Waals surface area contributed by atoms with Crippen molar-refractivity contribution >= 4 is 86.7 Å². The number of ketones is 1. The molecule has 0 saturated carbocycles. The van der Waals surface area contributed by atoms with E-state index in [0.717, 1.165) is 103 Å². The molecule has 0 aliphatic rings. The third-order valence-corrected chi connectivity index (χ3v) is 23.4. The van der Waals surface area contributed by atoms with Crippen LogP contribution in [0.2, 0.25) is 0 Å². The van der Waals surface area contributed by atoms with Gasteiger partial charge in [-0.25, -0.2) is 0 Å². The molecule has 0 aromatic heterocycles. The van der Waals surface area contributed by atoms with Crippen LogP contribution in [0.5, 0.6) is 0 Å². The highest BCUT2D eigenvalue weighted by atomic mass is 32.2. The van der Waals surface area contributed by atoms with Gasteiger partial charge in [-0.2, -0.15) is 67.3 Å². The van der Waals surface area contributed by atoms with E-state index in [9.17, 15) is 82.3 Å². The van der Waals surface area contributed by atoms with Crippen molar-refractivity contribution in [3.63, 3.8) is 0 Å². The first kappa shape index (κ1) is 124. The van der Waals surface area contributed by atoms with Crippen LogP contribution in [0.25, 0.3) is 0 Å². The number of benzene rings is 2. The number of hydrogen-bond acceptors (Lipinski definition) is 19. The van der Waals surface area contributed by atoms with Gasteiger partial charge in [-0.05, 0) is 56.9 Å². The average molecular weight is 1800 g/mol. The van der Waals surface area contributed by atoms with Crippen molar-refractivity contribution < 1.29 is 119 Å². The quantitative estimate of drug-likeness (QED) is 0.0167. The maximum Gasteiger partial charge on any atom is 0.264 e. The lowest BCUT2D eigenvalue weighted by Crippen LogP contribution is -2.39. The maximum atomic E-state index is 12.3. The van der Waals surface area contributed by atoms with Crippen molar-refractivity contribution in [2.75, 3.05) is 52.6 Å². The number of unbranched alkanes of at least 4 members (excludes halogenated alkanes) is 40. The van der Waals surface area contributed by atoms with Gasteiger partial charge in [0, 0.05) is 5.56 Å². The van der Waals surface area contributed by atoms with E-state index in [-0.39, 0.29) is 46.0 Å². The predicted octanol–water partition coefficient (Wildman–Crippen LogP) is 19.6. The van der Waals surface area contributed by atoms with Crippen LogP contribution in [0.15, 0.2) is 60.7 Å². The van der Waals surface area contributed by atoms with Gasteiger partial charge in [0.15, 0.2) is 5.60 Å². The molecule has 2 rings (SSSR count). The van der Waals surface area contributed by atoms with Crippen LogP contribution in [0.3, 0.4) is 0 Å². The number of aliphatic hydroxyl groups excluding tert-OH is 1. The van der Waals surface area contributed by atoms with Crippen molar-refractivity contribution in [1.29, 1.82) is 0 Å². The molecule has 0 bridgehead atoms. The first-order valence-corrected chi connectivity index (χ1v) is 54.6. The molecule has 114 heavy (non-hydrogen) atoms. The summed E-state index contributed by atoms with van der Waals surface area (Å²) < 4.78 is 232. The molecule has 0 aliphatic carbocycles. The first-order chi connectivity index (χ1) is 53.2. The molecule has 0 fully saturated rings. The summed E-state index contributed by atoms with van der Waals surface area (Å²) in [4.78, 5) is 12.3. The van der Waals surface area contributed by atoms with Gasteiger partial charge in [0.25, 0.3) is 80.9 Å². The summed E-state index contributed by atoms with van der Waals surface area (Å²) in [6.07, 6.45) is 49.1. The molecule has 0 spiro atoms. The second-order valence-electron chi connectivity index (χ2n) is 28.5. The van der Waals surface area contributed by atoms with Gasteiger partial charge in [-0.1, -0.05) is 373 Å². The fourth-order valence-electron chi connectivity index (χ4n) is 10.4. The molecule has 1 unspecified atom stereocenters. The van der Waals surface area contributed by atoms with E-state index < -0.39 is 98.9 Å². The molecule has 2 aromatic carbocycles. The average Bonchev–Trinajstić information content (AvgIpc) is 0.799. The zero-order chi connectivity index (χ0) is 88.6. The van der Waals surface area contributed by atoms with E-state index in [1.807, 2.05) is 0 Å². The zero-order valence-electron chi connectivity index (χ0n) is 70.8. The summed E-state index contributed by atoms with van der Waals surface area (Å²) in [5.41, 5.74) is -1.12. The monoisotopic (exact) mass is 1790 g/mol. The Morgan fingerprint density at radius 3 is 0.491 bits per heavy atom. The number of carbonyl (C=O) groups excluding carboxylic acids is 1. The van der Waals surface area contributed by atoms with Crippen molar-refractivity contribution in [3.8, 4) is 0 Å². The van der Waals surface area contributed by atoms with Crippen LogP contribution in [0.1, 0.15) is 380 Å². The number of rotatable bonds is 60. The van der Waals surface area contributed by atoms with E-state index in [0.29, 0.717) is 62.5 Å². The summed E-state index contributed by atoms with van der Waals surface area (Å²) in [7, 11) is -29.7. The summed E-state index contributed by atoms with van der Waals surface area (Å²) >= 11 is 0. The Morgan fingerprint density at radius 2 is 0.360 bits per heavy atom. The van der Waals surface area contributed by atoms with E-state index in [1.54, 1.807) is 60.7 Å². The smallest absolute Gasteiger partial charge is 0.264 e. The van der Waals surface area contributed by atoms with E-state index in [1.165, 1.54) is 154 Å². The molecule has 2 aromatic rings. The molecular formula is C79H158O27S8. The number of aliphatic hydroxyl groups is 2. The van der Waals surface area contributed by atoms with Crippen molar-refractivity contribution in [1.82, 2.24) is 0 Å². The van der Waals surface area contributed by atoms with Gasteiger partial charge < -0.3 is 10.2 Å². The molecule has 1 atom stereocenters. The lowest BCUT2D eigenvalue weighted by molar-refractivity contribution is -0.00400. The van der Waals surface area contributed by atoms with Gasteiger partial charge in [0.05, 0.1) is 52.6 Å². The molecular weight excluding hydrogens is 1640 g/mol. The number of carbonyl (C=O) groups is 1. The lowest BCUT2D eigenvalue weighted by Gasteiger charge is -2.24. The standard InChI is InChI=1S/C15H14O3.8C8H18O3S/c16-11-15(18,13-9-5-2-6-10-13)14(17)12-7-3-1-4-8-12;8*1-2-3-4-5-6-7-8-12(9,10)11/h1-10,16,18H,11H2;8*2-8H2,1H3,(H,9,10,11). The molecule has 0 radical (unpaired) electrons. The van der Waals surface area contributed by atoms with Crippen LogP contribution in [-0.2, 0) is 86.5 Å². The van der Waals surface area contributed by atoms with Gasteiger partial charge in [-0.15, -0.1) is 0 Å². The van der Waals surface area contributed by atoms with Crippen LogP contribution in [0, 0.1) is 0 Å². The fourth-order valence-corrected chi connectivity index (χ4v) is 14.9. The molecule has 35 heteroatoms. The molecule has 684 valence electrons. The molecule has 0 amide bonds. The first-order valence-electron chi connectivity index (χ1n) is 41.8. The number of hydrogen-bond donors (Lipinski definition) is 10. The summed E-state index contributed by atoms with van der Waals surface area (Å²) in [6.45, 7) is 16.4. The Hall–Kier alpha value is -2.69. The Bertz CT molecular complexity index is 2880. The third-order valence-electron chi connectivity index (χ3n) is 16.9. The zero-order valence-corrected chi connectivity index (χ0v) is 77.3. The molecule has 27 nitrogen and oxygen atoms in total. The Labute approximate surface area is 694 Å². The van der Waals surface area contributed by atoms with Crippen LogP contribution >= 0.6 is 0 Å². The normalized spacial score (nSPS) is 12.2. The molecule has 0 aliphatic heterocycles. The van der Waals surface area contributed by atoms with E-state index in [2.05, 4.69) is 55.4 Å². The Balaban J connectivity index is -0.000000227. The summed E-state index contributed by atoms with van der Waals surface area (Å²) in [5, 5.41) is 19.8. The summed E-state index contributed by atoms with van der Waals surface area (Å²) in [6, 6.07) is 16.9. The van der Waals surface area contributed by atoms with E-state index >= 15 is 0 Å². The minimum atomic E-state index is -3.72. The lowest BCUT2D eigenvalue weighted by atomic mass is 9.87. The predicted molar refractivity (Wildman–Crippen MR) is 467 cm³/mol. The minimum Gasteiger partial charge on any atom is -0.393 e. The third kappa shape index (κ3) is 118. The highest BCUT2D eigenvalue weighted by molar-refractivity contribution is 7.87. The van der Waals surface area contributed by atoms with Gasteiger partial charge in [-0.3, -0.25) is 41.2 Å². The van der Waals surface area contributed by atoms with Crippen molar-refractivity contribution in [2.45, 2.75) is 369 Å². The Kier molecular flexibility index (Phi) is 88.8. The minimum absolute atomic E-state index is 0.0842. The second kappa shape index (κ2) is 81.3. The molecule has 0 heterocycles. The second-order valence-corrected chi connectivity index (χ2v) is 41.1. The van der Waals surface area contributed by atoms with Crippen LogP contribution < -0.4 is 0 Å². The summed E-state index contributed by atoms with van der Waals surface area (Å²) in [5.74, 6) is -1.18. The highest BCUT2D eigenvalue weighted by Gasteiger charge is 2.37. The number of Topliss-reactive ketones (excluding diaryl/α,β-unsaturated/α-hetero) is 1. The largest absolute Gasteiger partial charge is 0.393 e. The molecule has 0 saturated heterocycles. The van der Waals surface area contributed by atoms with Gasteiger partial charge in [0.2, 0.25) is 5.78 Å². The van der Waals surface area contributed by atoms with E-state index in [4.69, 9.17) is 36.4 Å². The van der Waals surface area contributed by atoms with Gasteiger partial charge in [0.1, 0.15) is 0 Å². The Morgan fingerprint density at radius 1 is 0.228 bits per heavy atom. The topological polar surface area (TPSA) is 492 Å². The van der Waals surface area contributed by atoms with Gasteiger partial charge >= 0.3 is 0 Å². The SMILES string of the molecule is CCCCCCCCS(=O)(=O)O.CCCCCCCCS(=O)(=O)O.CCCCCCCCS(=O)(=O)O.CCCCCCCCS(=O)(=O)O.CCCCCCCCS(=O)(=O)O.CCCCCCCCS(=O)(=O)O.CCCCCCCCS(=O)(=O)O.CCCCCCCCS(=O)(=O)O.O=C(c1ccccc1)C(O)(CO)c1ccccc1. The fraction of sp³-hybridized carbons (Fsp3) is 0.835. The highest BCUT2D eigenvalue weighted by Crippen LogP contribution is 2.26. The molecule has 10 N–H and O–H groups in total. The maximum absolute atomic E-state index is 12.3. The van der Waals surface area contributed by atoms with Crippen molar-refractivity contribution in [2.24, 2.45) is 0 Å². The van der Waals surface area contributed by atoms with Crippen LogP contribution in [-0.4, -0.2) is 172 Å².